The minimum absolute atomic E-state index is 0.580. The second-order valence-corrected chi connectivity index (χ2v) is 7.20. The quantitative estimate of drug-likeness (QED) is 0.336. The maximum atomic E-state index is 5.92. The van der Waals surface area contributed by atoms with Gasteiger partial charge in [0.2, 0.25) is 0 Å². The Morgan fingerprint density at radius 3 is 2.26 bits per heavy atom. The number of aromatic nitrogens is 2. The number of aryl methyl sites for hydroxylation is 2. The lowest BCUT2D eigenvalue weighted by Gasteiger charge is -1.99. The molecule has 0 radical (unpaired) electrons. The third kappa shape index (κ3) is 3.63. The fourth-order valence-corrected chi connectivity index (χ4v) is 3.71. The Balaban J connectivity index is 0.000000136. The van der Waals surface area contributed by atoms with Gasteiger partial charge in [0.25, 0.3) is 0 Å². The smallest absolute Gasteiger partial charge is 0.137 e. The monoisotopic (exact) mass is 360 g/mol. The van der Waals surface area contributed by atoms with Gasteiger partial charge in [0.05, 0.1) is 0 Å². The van der Waals surface area contributed by atoms with Crippen LogP contribution in [0, 0.1) is 13.8 Å². The summed E-state index contributed by atoms with van der Waals surface area (Å²) in [7, 11) is 0. The second-order valence-electron chi connectivity index (χ2n) is 5.20. The van der Waals surface area contributed by atoms with Gasteiger partial charge in [-0.25, -0.2) is 9.97 Å². The fraction of sp³-hybridized carbons (Fsp3) is 0.111. The zero-order valence-corrected chi connectivity index (χ0v) is 15.0. The fourth-order valence-electron chi connectivity index (χ4n) is 2.30. The van der Waals surface area contributed by atoms with Crippen LogP contribution in [0.15, 0.2) is 48.8 Å². The number of halogens is 2. The van der Waals surface area contributed by atoms with E-state index in [0.717, 1.165) is 16.2 Å². The molecule has 0 saturated carbocycles. The van der Waals surface area contributed by atoms with Gasteiger partial charge < -0.3 is 0 Å². The molecule has 4 rings (SSSR count). The van der Waals surface area contributed by atoms with Crippen LogP contribution in [0.5, 0.6) is 0 Å². The molecule has 0 saturated heterocycles. The molecule has 0 aliphatic rings. The summed E-state index contributed by atoms with van der Waals surface area (Å²) in [6.45, 7) is 4.11. The molecule has 0 aliphatic heterocycles. The number of thiophene rings is 1. The van der Waals surface area contributed by atoms with Gasteiger partial charge in [-0.2, -0.15) is 0 Å². The van der Waals surface area contributed by atoms with Gasteiger partial charge in [-0.1, -0.05) is 40.9 Å². The largest absolute Gasteiger partial charge is 0.244 e. The van der Waals surface area contributed by atoms with E-state index in [-0.39, 0.29) is 0 Å². The summed E-state index contributed by atoms with van der Waals surface area (Å²) < 4.78 is 1.21. The van der Waals surface area contributed by atoms with Crippen LogP contribution in [0.4, 0.5) is 0 Å². The van der Waals surface area contributed by atoms with Crippen molar-refractivity contribution in [1.29, 1.82) is 0 Å². The van der Waals surface area contributed by atoms with Gasteiger partial charge in [0.1, 0.15) is 10.3 Å². The Morgan fingerprint density at radius 2 is 1.52 bits per heavy atom. The van der Waals surface area contributed by atoms with Gasteiger partial charge in [0, 0.05) is 32.7 Å². The number of fused-ring (bicyclic) bond motifs is 2. The van der Waals surface area contributed by atoms with E-state index in [1.54, 1.807) is 23.7 Å². The molecule has 116 valence electrons. The lowest BCUT2D eigenvalue weighted by atomic mass is 10.1. The zero-order valence-electron chi connectivity index (χ0n) is 12.7. The summed E-state index contributed by atoms with van der Waals surface area (Å²) in [5, 5.41) is 4.42. The average Bonchev–Trinajstić information content (AvgIpc) is 2.91. The first kappa shape index (κ1) is 16.2. The van der Waals surface area contributed by atoms with Crippen molar-refractivity contribution in [3.05, 3.63) is 69.5 Å². The molecule has 0 spiro atoms. The zero-order chi connectivity index (χ0) is 16.4. The van der Waals surface area contributed by atoms with Crippen molar-refractivity contribution < 1.29 is 0 Å². The molecule has 0 aliphatic carbocycles. The number of hydrogen-bond acceptors (Lipinski definition) is 3. The highest BCUT2D eigenvalue weighted by Gasteiger charge is 2.01. The minimum Gasteiger partial charge on any atom is -0.244 e. The molecule has 23 heavy (non-hydrogen) atoms. The third-order valence-electron chi connectivity index (χ3n) is 3.39. The van der Waals surface area contributed by atoms with Crippen molar-refractivity contribution in [2.24, 2.45) is 0 Å². The highest BCUT2D eigenvalue weighted by atomic mass is 35.5. The number of rotatable bonds is 0. The van der Waals surface area contributed by atoms with Crippen molar-refractivity contribution in [1.82, 2.24) is 9.97 Å². The molecule has 3 aromatic heterocycles. The molecule has 0 unspecified atom stereocenters. The van der Waals surface area contributed by atoms with Gasteiger partial charge in [-0.15, -0.1) is 11.3 Å². The van der Waals surface area contributed by atoms with Crippen molar-refractivity contribution >= 4 is 55.4 Å². The Hall–Kier alpha value is -1.68. The lowest BCUT2D eigenvalue weighted by Crippen LogP contribution is -1.79. The summed E-state index contributed by atoms with van der Waals surface area (Å²) >= 11 is 13.5. The number of benzene rings is 1. The van der Waals surface area contributed by atoms with Crippen LogP contribution in [0.3, 0.4) is 0 Å². The van der Waals surface area contributed by atoms with Crippen LogP contribution >= 0.6 is 34.5 Å². The summed E-state index contributed by atoms with van der Waals surface area (Å²) in [6.07, 6.45) is 3.46. The van der Waals surface area contributed by atoms with E-state index in [2.05, 4.69) is 35.1 Å². The van der Waals surface area contributed by atoms with Crippen LogP contribution < -0.4 is 0 Å². The first-order valence-electron chi connectivity index (χ1n) is 7.06. The van der Waals surface area contributed by atoms with E-state index in [0.29, 0.717) is 10.3 Å². The normalized spacial score (nSPS) is 10.6. The molecule has 0 fully saturated rings. The highest BCUT2D eigenvalue weighted by molar-refractivity contribution is 7.19. The molecule has 2 nitrogen and oxygen atoms in total. The first-order valence-corrected chi connectivity index (χ1v) is 8.63. The molecular weight excluding hydrogens is 347 g/mol. The predicted molar refractivity (Wildman–Crippen MR) is 101 cm³/mol. The first-order chi connectivity index (χ1) is 11.0. The van der Waals surface area contributed by atoms with E-state index in [4.69, 9.17) is 23.2 Å². The van der Waals surface area contributed by atoms with Gasteiger partial charge >= 0.3 is 0 Å². The van der Waals surface area contributed by atoms with Gasteiger partial charge in [-0.3, -0.25) is 0 Å². The minimum atomic E-state index is 0.580. The number of pyridine rings is 2. The molecule has 0 atom stereocenters. The van der Waals surface area contributed by atoms with Crippen LogP contribution in [0.2, 0.25) is 10.3 Å². The molecule has 3 heterocycles. The molecular formula is C18H14Cl2N2S. The van der Waals surface area contributed by atoms with Gasteiger partial charge in [-0.05, 0) is 43.5 Å². The topological polar surface area (TPSA) is 25.8 Å². The average molecular weight is 361 g/mol. The second kappa shape index (κ2) is 6.83. The molecule has 5 heteroatoms. The maximum absolute atomic E-state index is 5.92. The molecule has 0 amide bonds. The van der Waals surface area contributed by atoms with Crippen molar-refractivity contribution in [2.75, 3.05) is 0 Å². The molecule has 0 N–H and O–H groups in total. The van der Waals surface area contributed by atoms with Gasteiger partial charge in [0.15, 0.2) is 0 Å². The van der Waals surface area contributed by atoms with E-state index >= 15 is 0 Å². The molecule has 4 aromatic rings. The maximum Gasteiger partial charge on any atom is 0.137 e. The standard InChI is InChI=1S/C10H8ClN.C8H6ClNS/c1-7-2-3-8-4-5-12-10(11)9(8)6-7;1-5-4-6-7(11-5)2-3-10-8(6)9/h2-6H,1H3;2-4H,1H3. The van der Waals surface area contributed by atoms with E-state index in [1.807, 2.05) is 25.1 Å². The Kier molecular flexibility index (Phi) is 4.81. The summed E-state index contributed by atoms with van der Waals surface area (Å²) in [5.74, 6) is 0. The summed E-state index contributed by atoms with van der Waals surface area (Å²) in [4.78, 5) is 9.28. The Labute approximate surface area is 148 Å². The number of nitrogens with zero attached hydrogens (tertiary/aromatic N) is 2. The highest BCUT2D eigenvalue weighted by Crippen LogP contribution is 2.28. The van der Waals surface area contributed by atoms with Crippen molar-refractivity contribution in [2.45, 2.75) is 13.8 Å². The molecule has 1 aromatic carbocycles. The van der Waals surface area contributed by atoms with Crippen molar-refractivity contribution in [3.63, 3.8) is 0 Å². The van der Waals surface area contributed by atoms with Crippen molar-refractivity contribution in [3.8, 4) is 0 Å². The third-order valence-corrected chi connectivity index (χ3v) is 5.01. The van der Waals surface area contributed by atoms with Crippen LogP contribution in [0.25, 0.3) is 20.9 Å². The predicted octanol–water partition coefficient (Wildman–Crippen LogP) is 6.45. The van der Waals surface area contributed by atoms with Crippen LogP contribution in [-0.2, 0) is 0 Å². The molecule has 0 bridgehead atoms. The van der Waals surface area contributed by atoms with E-state index in [1.165, 1.54) is 15.1 Å². The van der Waals surface area contributed by atoms with Crippen LogP contribution in [-0.4, -0.2) is 9.97 Å². The SMILES string of the molecule is Cc1cc2c(Cl)nccc2s1.Cc1ccc2ccnc(Cl)c2c1. The number of hydrogen-bond donors (Lipinski definition) is 0. The summed E-state index contributed by atoms with van der Waals surface area (Å²) in [5.41, 5.74) is 1.21. The summed E-state index contributed by atoms with van der Waals surface area (Å²) in [6, 6.07) is 12.2. The van der Waals surface area contributed by atoms with E-state index < -0.39 is 0 Å². The van der Waals surface area contributed by atoms with Crippen LogP contribution in [0.1, 0.15) is 10.4 Å². The Bertz CT molecular complexity index is 979. The van der Waals surface area contributed by atoms with E-state index in [9.17, 15) is 0 Å². The lowest BCUT2D eigenvalue weighted by molar-refractivity contribution is 1.36. The Morgan fingerprint density at radius 1 is 0.826 bits per heavy atom.